The number of fused-ring (bicyclic) bond motifs is 1. The number of benzene rings is 1. The number of nitrogens with one attached hydrogen (secondary N) is 1. The van der Waals surface area contributed by atoms with E-state index in [1.54, 1.807) is 36.3 Å². The van der Waals surface area contributed by atoms with Crippen LogP contribution < -0.4 is 5.32 Å². The van der Waals surface area contributed by atoms with E-state index in [1.165, 1.54) is 12.1 Å². The van der Waals surface area contributed by atoms with Crippen LogP contribution in [0.3, 0.4) is 0 Å². The van der Waals surface area contributed by atoms with Crippen molar-refractivity contribution < 1.29 is 9.18 Å². The van der Waals surface area contributed by atoms with E-state index in [2.05, 4.69) is 20.6 Å². The number of aromatic nitrogens is 4. The zero-order valence-electron chi connectivity index (χ0n) is 13.0. The zero-order valence-corrected chi connectivity index (χ0v) is 13.0. The molecule has 0 radical (unpaired) electrons. The van der Waals surface area contributed by atoms with Crippen LogP contribution >= 0.6 is 0 Å². The van der Waals surface area contributed by atoms with Gasteiger partial charge in [0.25, 0.3) is 5.91 Å². The van der Waals surface area contributed by atoms with Crippen molar-refractivity contribution >= 4 is 16.8 Å². The number of nitrogens with zero attached hydrogens (tertiary/aromatic N) is 4. The molecule has 0 aliphatic heterocycles. The molecule has 2 aromatic heterocycles. The Bertz CT molecular complexity index is 887. The first-order valence-electron chi connectivity index (χ1n) is 7.10. The molecule has 0 spiro atoms. The second kappa shape index (κ2) is 5.42. The number of pyridine rings is 1. The lowest BCUT2D eigenvalue weighted by Crippen LogP contribution is -2.41. The van der Waals surface area contributed by atoms with Crippen LogP contribution in [0, 0.1) is 5.82 Å². The van der Waals surface area contributed by atoms with Crippen LogP contribution in [0.15, 0.2) is 36.7 Å². The Morgan fingerprint density at radius 1 is 1.35 bits per heavy atom. The number of amides is 1. The highest BCUT2D eigenvalue weighted by atomic mass is 19.1. The summed E-state index contributed by atoms with van der Waals surface area (Å²) in [5, 5.41) is 11.3. The quantitative estimate of drug-likeness (QED) is 0.804. The molecule has 3 aromatic rings. The predicted octanol–water partition coefficient (Wildman–Crippen LogP) is 2.17. The van der Waals surface area contributed by atoms with Crippen molar-refractivity contribution in [1.29, 1.82) is 0 Å². The third-order valence-corrected chi connectivity index (χ3v) is 3.58. The Hall–Kier alpha value is -2.83. The Balaban J connectivity index is 1.98. The van der Waals surface area contributed by atoms with Crippen LogP contribution in [0.2, 0.25) is 0 Å². The fourth-order valence-corrected chi connectivity index (χ4v) is 2.38. The van der Waals surface area contributed by atoms with Gasteiger partial charge in [-0.15, -0.1) is 5.10 Å². The molecule has 0 aliphatic rings. The summed E-state index contributed by atoms with van der Waals surface area (Å²) < 4.78 is 15.3. The summed E-state index contributed by atoms with van der Waals surface area (Å²) in [6, 6.07) is 5.97. The zero-order chi connectivity index (χ0) is 16.6. The lowest BCUT2D eigenvalue weighted by Gasteiger charge is -2.24. The number of rotatable bonds is 3. The Morgan fingerprint density at radius 2 is 2.13 bits per heavy atom. The molecule has 6 nitrogen and oxygen atoms in total. The minimum absolute atomic E-state index is 0.192. The molecule has 0 fully saturated rings. The van der Waals surface area contributed by atoms with Gasteiger partial charge in [0.2, 0.25) is 0 Å². The molecule has 1 N–H and O–H groups in total. The van der Waals surface area contributed by atoms with E-state index in [0.29, 0.717) is 16.6 Å². The van der Waals surface area contributed by atoms with Gasteiger partial charge in [-0.3, -0.25) is 14.5 Å². The predicted molar refractivity (Wildman–Crippen MR) is 83.2 cm³/mol. The highest BCUT2D eigenvalue weighted by molar-refractivity contribution is 6.05. The van der Waals surface area contributed by atoms with E-state index in [4.69, 9.17) is 0 Å². The smallest absolute Gasteiger partial charge is 0.254 e. The number of hydrogen-bond acceptors (Lipinski definition) is 4. The van der Waals surface area contributed by atoms with Gasteiger partial charge in [-0.2, -0.15) is 0 Å². The summed E-state index contributed by atoms with van der Waals surface area (Å²) in [7, 11) is 1.75. The Morgan fingerprint density at radius 3 is 2.83 bits per heavy atom. The summed E-state index contributed by atoms with van der Waals surface area (Å²) in [6.07, 6.45) is 3.30. The monoisotopic (exact) mass is 313 g/mol. The maximum Gasteiger partial charge on any atom is 0.254 e. The van der Waals surface area contributed by atoms with E-state index in [1.807, 2.05) is 13.8 Å². The molecule has 3 rings (SSSR count). The van der Waals surface area contributed by atoms with Crippen molar-refractivity contribution in [2.24, 2.45) is 7.05 Å². The number of carbonyl (C=O) groups is 1. The van der Waals surface area contributed by atoms with Crippen molar-refractivity contribution in [3.05, 3.63) is 53.7 Å². The average molecular weight is 313 g/mol. The highest BCUT2D eigenvalue weighted by Gasteiger charge is 2.27. The maximum atomic E-state index is 13.8. The second-order valence-electron chi connectivity index (χ2n) is 5.89. The summed E-state index contributed by atoms with van der Waals surface area (Å²) in [6.45, 7) is 3.62. The fourth-order valence-electron chi connectivity index (χ4n) is 2.38. The van der Waals surface area contributed by atoms with Crippen molar-refractivity contribution in [2.45, 2.75) is 19.4 Å². The van der Waals surface area contributed by atoms with Gasteiger partial charge in [-0.25, -0.2) is 4.39 Å². The van der Waals surface area contributed by atoms with Gasteiger partial charge >= 0.3 is 0 Å². The third-order valence-electron chi connectivity index (χ3n) is 3.58. The molecule has 23 heavy (non-hydrogen) atoms. The number of aryl methyl sites for hydroxylation is 1. The normalized spacial score (nSPS) is 11.7. The van der Waals surface area contributed by atoms with E-state index >= 15 is 0 Å². The van der Waals surface area contributed by atoms with E-state index in [9.17, 15) is 9.18 Å². The minimum atomic E-state index is -0.751. The van der Waals surface area contributed by atoms with E-state index < -0.39 is 17.3 Å². The Labute approximate surface area is 132 Å². The first-order valence-corrected chi connectivity index (χ1v) is 7.10. The van der Waals surface area contributed by atoms with Crippen molar-refractivity contribution in [3.63, 3.8) is 0 Å². The second-order valence-corrected chi connectivity index (χ2v) is 5.89. The number of carbonyl (C=O) groups excluding carboxylic acids is 1. The lowest BCUT2D eigenvalue weighted by molar-refractivity contribution is 0.0911. The molecular weight excluding hydrogens is 297 g/mol. The third kappa shape index (κ3) is 2.90. The molecule has 7 heteroatoms. The Kier molecular flexibility index (Phi) is 3.55. The van der Waals surface area contributed by atoms with Crippen molar-refractivity contribution in [3.8, 4) is 0 Å². The molecule has 0 atom stereocenters. The first kappa shape index (κ1) is 15.1. The summed E-state index contributed by atoms with van der Waals surface area (Å²) in [5.41, 5.74) is 0.514. The first-order chi connectivity index (χ1) is 10.9. The van der Waals surface area contributed by atoms with Crippen LogP contribution in [0.25, 0.3) is 10.9 Å². The molecular formula is C16H16FN5O. The van der Waals surface area contributed by atoms with Crippen LogP contribution in [0.5, 0.6) is 0 Å². The number of halogens is 1. The van der Waals surface area contributed by atoms with Gasteiger partial charge in [0.15, 0.2) is 0 Å². The van der Waals surface area contributed by atoms with Gasteiger partial charge in [-0.1, -0.05) is 11.3 Å². The molecule has 0 aliphatic carbocycles. The molecule has 118 valence electrons. The molecule has 1 amide bonds. The molecule has 2 heterocycles. The van der Waals surface area contributed by atoms with E-state index in [0.717, 1.165) is 0 Å². The molecule has 1 aromatic carbocycles. The van der Waals surface area contributed by atoms with Crippen LogP contribution in [0.1, 0.15) is 29.9 Å². The largest absolute Gasteiger partial charge is 0.341 e. The standard InChI is InChI=1S/C16H16FN5O/c1-16(2,13-9-22(3)21-20-13)19-15(23)12-8-11(17)7-10-5-4-6-18-14(10)12/h4-9H,1-3H3,(H,19,23). The summed E-state index contributed by atoms with van der Waals surface area (Å²) in [4.78, 5) is 16.8. The van der Waals surface area contributed by atoms with Gasteiger partial charge in [0, 0.05) is 18.6 Å². The molecule has 0 bridgehead atoms. The van der Waals surface area contributed by atoms with Crippen LogP contribution in [-0.2, 0) is 12.6 Å². The maximum absolute atomic E-state index is 13.8. The van der Waals surface area contributed by atoms with Gasteiger partial charge in [0.1, 0.15) is 11.5 Å². The SMILES string of the molecule is Cn1cc(C(C)(C)NC(=O)c2cc(F)cc3cccnc23)nn1. The van der Waals surface area contributed by atoms with Crippen LogP contribution in [-0.4, -0.2) is 25.9 Å². The van der Waals surface area contributed by atoms with Gasteiger partial charge in [0.05, 0.1) is 22.8 Å². The van der Waals surface area contributed by atoms with Gasteiger partial charge in [-0.05, 0) is 32.0 Å². The topological polar surface area (TPSA) is 72.7 Å². The van der Waals surface area contributed by atoms with Crippen molar-refractivity contribution in [1.82, 2.24) is 25.3 Å². The molecule has 0 saturated carbocycles. The molecule has 0 unspecified atom stereocenters. The van der Waals surface area contributed by atoms with Crippen LogP contribution in [0.4, 0.5) is 4.39 Å². The van der Waals surface area contributed by atoms with Gasteiger partial charge < -0.3 is 5.32 Å². The van der Waals surface area contributed by atoms with Crippen molar-refractivity contribution in [2.75, 3.05) is 0 Å². The van der Waals surface area contributed by atoms with E-state index in [-0.39, 0.29) is 5.56 Å². The summed E-state index contributed by atoms with van der Waals surface area (Å²) in [5.74, 6) is -0.892. The minimum Gasteiger partial charge on any atom is -0.341 e. The fraction of sp³-hybridized carbons (Fsp3) is 0.250. The highest BCUT2D eigenvalue weighted by Crippen LogP contribution is 2.22. The average Bonchev–Trinajstić information content (AvgIpc) is 2.93. The summed E-state index contributed by atoms with van der Waals surface area (Å²) >= 11 is 0. The molecule has 0 saturated heterocycles. The lowest BCUT2D eigenvalue weighted by atomic mass is 10.00. The number of hydrogen-bond donors (Lipinski definition) is 1.